The Morgan fingerprint density at radius 2 is 2.00 bits per heavy atom. The highest BCUT2D eigenvalue weighted by atomic mass is 16.5. The average Bonchev–Trinajstić information content (AvgIpc) is 2.59. The van der Waals surface area contributed by atoms with E-state index in [4.69, 9.17) is 14.6 Å². The normalized spacial score (nSPS) is 16.6. The SMILES string of the molecule is COC1(CNC(=O)c2cccc(OCC(=O)O)c2)CCCCC1. The minimum atomic E-state index is -1.06. The van der Waals surface area contributed by atoms with Crippen LogP contribution in [0.15, 0.2) is 24.3 Å². The molecule has 1 aromatic carbocycles. The third-order valence-electron chi connectivity index (χ3n) is 4.23. The van der Waals surface area contributed by atoms with Crippen LogP contribution >= 0.6 is 0 Å². The lowest BCUT2D eigenvalue weighted by Crippen LogP contribution is -2.45. The van der Waals surface area contributed by atoms with Gasteiger partial charge in [-0.1, -0.05) is 25.3 Å². The van der Waals surface area contributed by atoms with Crippen LogP contribution < -0.4 is 10.1 Å². The molecule has 1 aliphatic rings. The molecule has 0 bridgehead atoms. The maximum Gasteiger partial charge on any atom is 0.341 e. The quantitative estimate of drug-likeness (QED) is 0.804. The Hall–Kier alpha value is -2.08. The van der Waals surface area contributed by atoms with Crippen LogP contribution in [-0.2, 0) is 9.53 Å². The van der Waals surface area contributed by atoms with Gasteiger partial charge in [-0.3, -0.25) is 4.79 Å². The number of rotatable bonds is 7. The fraction of sp³-hybridized carbons (Fsp3) is 0.529. The first-order chi connectivity index (χ1) is 11.0. The molecule has 1 aromatic rings. The molecule has 126 valence electrons. The highest BCUT2D eigenvalue weighted by Crippen LogP contribution is 2.30. The molecule has 0 saturated heterocycles. The molecule has 0 heterocycles. The zero-order chi connectivity index (χ0) is 16.7. The summed E-state index contributed by atoms with van der Waals surface area (Å²) in [6.45, 7) is 0.0421. The van der Waals surface area contributed by atoms with E-state index in [1.54, 1.807) is 31.4 Å². The van der Waals surface area contributed by atoms with Crippen LogP contribution in [0.3, 0.4) is 0 Å². The number of carboxylic acids is 1. The number of carbonyl (C=O) groups excluding carboxylic acids is 1. The molecule has 1 fully saturated rings. The van der Waals surface area contributed by atoms with Crippen molar-refractivity contribution in [3.05, 3.63) is 29.8 Å². The minimum absolute atomic E-state index is 0.215. The van der Waals surface area contributed by atoms with E-state index >= 15 is 0 Å². The van der Waals surface area contributed by atoms with Crippen LogP contribution in [0.2, 0.25) is 0 Å². The van der Waals surface area contributed by atoms with Crippen LogP contribution in [-0.4, -0.2) is 42.8 Å². The number of hydrogen-bond donors (Lipinski definition) is 2. The lowest BCUT2D eigenvalue weighted by Gasteiger charge is -2.36. The summed E-state index contributed by atoms with van der Waals surface area (Å²) in [5.41, 5.74) is 0.167. The van der Waals surface area contributed by atoms with Gasteiger partial charge >= 0.3 is 5.97 Å². The van der Waals surface area contributed by atoms with E-state index in [1.807, 2.05) is 0 Å². The van der Waals surface area contributed by atoms with Crippen molar-refractivity contribution < 1.29 is 24.2 Å². The Kier molecular flexibility index (Phi) is 5.98. The van der Waals surface area contributed by atoms with Gasteiger partial charge in [-0.2, -0.15) is 0 Å². The zero-order valence-corrected chi connectivity index (χ0v) is 13.3. The molecule has 23 heavy (non-hydrogen) atoms. The van der Waals surface area contributed by atoms with Gasteiger partial charge < -0.3 is 19.9 Å². The molecular formula is C17H23NO5. The summed E-state index contributed by atoms with van der Waals surface area (Å²) in [6, 6.07) is 6.50. The average molecular weight is 321 g/mol. The monoisotopic (exact) mass is 321 g/mol. The van der Waals surface area contributed by atoms with Crippen molar-refractivity contribution in [2.75, 3.05) is 20.3 Å². The molecular weight excluding hydrogens is 298 g/mol. The molecule has 6 nitrogen and oxygen atoms in total. The number of methoxy groups -OCH3 is 1. The molecule has 2 N–H and O–H groups in total. The number of carboxylic acid groups (broad SMARTS) is 1. The second kappa shape index (κ2) is 7.97. The van der Waals surface area contributed by atoms with Crippen LogP contribution in [0, 0.1) is 0 Å². The first-order valence-corrected chi connectivity index (χ1v) is 7.83. The molecule has 1 amide bonds. The molecule has 0 aliphatic heterocycles. The van der Waals surface area contributed by atoms with Gasteiger partial charge in [-0.25, -0.2) is 4.79 Å². The van der Waals surface area contributed by atoms with Crippen molar-refractivity contribution >= 4 is 11.9 Å². The summed E-state index contributed by atoms with van der Waals surface area (Å²) < 4.78 is 10.7. The number of aliphatic carboxylic acids is 1. The number of ether oxygens (including phenoxy) is 2. The summed E-state index contributed by atoms with van der Waals surface area (Å²) in [5, 5.41) is 11.5. The highest BCUT2D eigenvalue weighted by Gasteiger charge is 2.32. The van der Waals surface area contributed by atoms with Gasteiger partial charge in [0.2, 0.25) is 0 Å². The summed E-state index contributed by atoms with van der Waals surface area (Å²) in [6.07, 6.45) is 5.34. The van der Waals surface area contributed by atoms with Gasteiger partial charge in [0.05, 0.1) is 5.60 Å². The summed E-state index contributed by atoms with van der Waals surface area (Å²) >= 11 is 0. The predicted molar refractivity (Wildman–Crippen MR) is 84.7 cm³/mol. The van der Waals surface area contributed by atoms with Gasteiger partial charge in [0, 0.05) is 19.2 Å². The second-order valence-electron chi connectivity index (χ2n) is 5.84. The lowest BCUT2D eigenvalue weighted by atomic mass is 9.84. The predicted octanol–water partition coefficient (Wildman–Crippen LogP) is 2.23. The standard InChI is InChI=1S/C17H23NO5/c1-22-17(8-3-2-4-9-17)12-18-16(21)13-6-5-7-14(10-13)23-11-15(19)20/h5-7,10H,2-4,8-9,11-12H2,1H3,(H,18,21)(H,19,20). The second-order valence-corrected chi connectivity index (χ2v) is 5.84. The van der Waals surface area contributed by atoms with Crippen molar-refractivity contribution in [2.45, 2.75) is 37.7 Å². The number of carbonyl (C=O) groups is 2. The van der Waals surface area contributed by atoms with Gasteiger partial charge in [0.25, 0.3) is 5.91 Å². The first kappa shape index (κ1) is 17.3. The number of nitrogens with one attached hydrogen (secondary N) is 1. The number of amides is 1. The summed E-state index contributed by atoms with van der Waals surface area (Å²) in [7, 11) is 1.69. The van der Waals surface area contributed by atoms with Crippen LogP contribution in [0.1, 0.15) is 42.5 Å². The Balaban J connectivity index is 1.94. The molecule has 6 heteroatoms. The zero-order valence-electron chi connectivity index (χ0n) is 13.3. The van der Waals surface area contributed by atoms with E-state index in [9.17, 15) is 9.59 Å². The van der Waals surface area contributed by atoms with E-state index in [0.29, 0.717) is 17.9 Å². The molecule has 2 rings (SSSR count). The van der Waals surface area contributed by atoms with Crippen molar-refractivity contribution in [1.29, 1.82) is 0 Å². The maximum atomic E-state index is 12.3. The lowest BCUT2D eigenvalue weighted by molar-refractivity contribution is -0.139. The Bertz CT molecular complexity index is 552. The van der Waals surface area contributed by atoms with E-state index in [1.165, 1.54) is 6.42 Å². The smallest absolute Gasteiger partial charge is 0.341 e. The molecule has 0 spiro atoms. The fourth-order valence-electron chi connectivity index (χ4n) is 2.86. The number of benzene rings is 1. The van der Waals surface area contributed by atoms with Gasteiger partial charge in [0.15, 0.2) is 6.61 Å². The maximum absolute atomic E-state index is 12.3. The Morgan fingerprint density at radius 3 is 2.65 bits per heavy atom. The third-order valence-corrected chi connectivity index (χ3v) is 4.23. The van der Waals surface area contributed by atoms with E-state index in [-0.39, 0.29) is 11.5 Å². The van der Waals surface area contributed by atoms with Crippen molar-refractivity contribution in [3.63, 3.8) is 0 Å². The molecule has 0 radical (unpaired) electrons. The van der Waals surface area contributed by atoms with Crippen molar-refractivity contribution in [1.82, 2.24) is 5.32 Å². The van der Waals surface area contributed by atoms with Crippen molar-refractivity contribution in [2.24, 2.45) is 0 Å². The van der Waals surface area contributed by atoms with Crippen LogP contribution in [0.25, 0.3) is 0 Å². The van der Waals surface area contributed by atoms with Gasteiger partial charge in [-0.05, 0) is 31.0 Å². The Labute approximate surface area is 135 Å². The minimum Gasteiger partial charge on any atom is -0.482 e. The highest BCUT2D eigenvalue weighted by molar-refractivity contribution is 5.94. The third kappa shape index (κ3) is 4.96. The molecule has 1 saturated carbocycles. The Morgan fingerprint density at radius 1 is 1.26 bits per heavy atom. The van der Waals surface area contributed by atoms with Crippen LogP contribution in [0.4, 0.5) is 0 Å². The molecule has 0 unspecified atom stereocenters. The molecule has 0 atom stereocenters. The summed E-state index contributed by atoms with van der Waals surface area (Å²) in [5.74, 6) is -0.911. The summed E-state index contributed by atoms with van der Waals surface area (Å²) in [4.78, 5) is 22.8. The topological polar surface area (TPSA) is 84.9 Å². The largest absolute Gasteiger partial charge is 0.482 e. The van der Waals surface area contributed by atoms with Gasteiger partial charge in [-0.15, -0.1) is 0 Å². The fourth-order valence-corrected chi connectivity index (χ4v) is 2.86. The van der Waals surface area contributed by atoms with E-state index in [2.05, 4.69) is 5.32 Å². The van der Waals surface area contributed by atoms with Gasteiger partial charge in [0.1, 0.15) is 5.75 Å². The van der Waals surface area contributed by atoms with E-state index < -0.39 is 12.6 Å². The molecule has 1 aliphatic carbocycles. The molecule has 0 aromatic heterocycles. The first-order valence-electron chi connectivity index (χ1n) is 7.83. The number of hydrogen-bond acceptors (Lipinski definition) is 4. The van der Waals surface area contributed by atoms with Crippen molar-refractivity contribution in [3.8, 4) is 5.75 Å². The van der Waals surface area contributed by atoms with Crippen LogP contribution in [0.5, 0.6) is 5.75 Å². The van der Waals surface area contributed by atoms with E-state index in [0.717, 1.165) is 25.7 Å².